The first kappa shape index (κ1) is 86.3. The Bertz CT molecular complexity index is 8990. The van der Waals surface area contributed by atoms with Crippen molar-refractivity contribution in [3.05, 3.63) is 533 Å². The zero-order valence-corrected chi connectivity index (χ0v) is 81.8. The van der Waals surface area contributed by atoms with E-state index in [0.717, 1.165) is 79.4 Å². The molecule has 0 N–H and O–H groups in total. The molecule has 0 radical (unpaired) electrons. The fraction of sp³-hybridized carbons (Fsp3) is 0.0222. The van der Waals surface area contributed by atoms with Crippen molar-refractivity contribution in [3.63, 3.8) is 0 Å². The normalized spacial score (nSPS) is 12.0. The molecule has 0 saturated heterocycles. The Balaban J connectivity index is 0.000000147. The zero-order chi connectivity index (χ0) is 95.0. The Labute approximate surface area is 848 Å². The first-order valence-electron chi connectivity index (χ1n) is 48.8. The molecular formula is C135H92N4S4. The Kier molecular flexibility index (Phi) is 22.1. The van der Waals surface area contributed by atoms with Crippen LogP contribution in [0.25, 0.3) is 170 Å². The molecular weight excluding hydrogens is 1810 g/mol. The van der Waals surface area contributed by atoms with Crippen LogP contribution in [0.1, 0.15) is 25.0 Å². The molecule has 4 nitrogen and oxygen atoms in total. The molecule has 676 valence electrons. The SMILES string of the molecule is CC1(C)c2cc(N(c3ccccc3)c3ccc(-c4cccc5c4sc4ccccc45)cc3)ccc2-c2ccc(N(c3ccccc3)c3ccc(-c4cccc5c4sc4ccccc45)cc3)cc21.c1ccc(-c2ccc(N(c3ccc(-c4ccc(N(c5ccc(-c6ccccc6)cc5)c5ccc(-c6cccc7c6sc6ccccc67)cc5)cc4)cc3)c3ccc(-c4ccc5sc6ccccc6c5c4)cc3)cc2)cc1. The molecule has 22 aromatic carbocycles. The van der Waals surface area contributed by atoms with Crippen LogP contribution in [0.2, 0.25) is 0 Å². The Hall–Kier alpha value is -17.1. The second-order valence-corrected chi connectivity index (χ2v) is 41.6. The summed E-state index contributed by atoms with van der Waals surface area (Å²) in [6.07, 6.45) is 0. The molecule has 0 amide bonds. The average molecular weight is 1900 g/mol. The Morgan fingerprint density at radius 2 is 0.357 bits per heavy atom. The van der Waals surface area contributed by atoms with Crippen molar-refractivity contribution < 1.29 is 0 Å². The molecule has 1 aliphatic carbocycles. The maximum absolute atomic E-state index is 2.43. The van der Waals surface area contributed by atoms with Gasteiger partial charge in [0, 0.05) is 154 Å². The van der Waals surface area contributed by atoms with Gasteiger partial charge < -0.3 is 19.6 Å². The third-order valence-corrected chi connectivity index (χ3v) is 33.4. The number of anilines is 12. The number of rotatable bonds is 19. The van der Waals surface area contributed by atoms with Crippen molar-refractivity contribution in [1.82, 2.24) is 0 Å². The minimum atomic E-state index is -0.249. The second kappa shape index (κ2) is 36.6. The van der Waals surface area contributed by atoms with Crippen LogP contribution in [0, 0.1) is 0 Å². The molecule has 143 heavy (non-hydrogen) atoms. The summed E-state index contributed by atoms with van der Waals surface area (Å²) in [6.45, 7) is 4.77. The van der Waals surface area contributed by atoms with Crippen LogP contribution in [0.3, 0.4) is 0 Å². The molecule has 1 aliphatic rings. The van der Waals surface area contributed by atoms with E-state index in [1.807, 2.05) is 45.3 Å². The number of hydrogen-bond acceptors (Lipinski definition) is 8. The number of fused-ring (bicyclic) bond motifs is 15. The topological polar surface area (TPSA) is 13.0 Å². The molecule has 0 saturated carbocycles. The van der Waals surface area contributed by atoms with Gasteiger partial charge in [0.05, 0.1) is 0 Å². The van der Waals surface area contributed by atoms with Crippen molar-refractivity contribution in [2.24, 2.45) is 0 Å². The van der Waals surface area contributed by atoms with E-state index in [2.05, 4.69) is 555 Å². The van der Waals surface area contributed by atoms with Gasteiger partial charge in [0.2, 0.25) is 0 Å². The van der Waals surface area contributed by atoms with Crippen LogP contribution in [-0.4, -0.2) is 0 Å². The molecule has 4 aromatic heterocycles. The fourth-order valence-corrected chi connectivity index (χ4v) is 26.2. The van der Waals surface area contributed by atoms with E-state index in [4.69, 9.17) is 0 Å². The summed E-state index contributed by atoms with van der Waals surface area (Å²) in [5, 5.41) is 10.5. The number of benzene rings is 22. The predicted molar refractivity (Wildman–Crippen MR) is 619 cm³/mol. The fourth-order valence-electron chi connectivity index (χ4n) is 21.4. The maximum atomic E-state index is 2.43. The number of hydrogen-bond donors (Lipinski definition) is 0. The van der Waals surface area contributed by atoms with Gasteiger partial charge in [-0.05, 0) is 282 Å². The number of thiophene rings is 4. The molecule has 8 heteroatoms. The number of para-hydroxylation sites is 2. The van der Waals surface area contributed by atoms with Gasteiger partial charge in [-0.25, -0.2) is 0 Å². The largest absolute Gasteiger partial charge is 0.311 e. The highest BCUT2D eigenvalue weighted by atomic mass is 32.1. The van der Waals surface area contributed by atoms with E-state index < -0.39 is 0 Å². The molecule has 0 spiro atoms. The second-order valence-electron chi connectivity index (χ2n) is 37.4. The van der Waals surface area contributed by atoms with Crippen molar-refractivity contribution in [1.29, 1.82) is 0 Å². The summed E-state index contributed by atoms with van der Waals surface area (Å²) in [6, 6.07) is 191. The van der Waals surface area contributed by atoms with Crippen LogP contribution in [0.15, 0.2) is 522 Å². The summed E-state index contributed by atoms with van der Waals surface area (Å²) in [4.78, 5) is 9.52. The molecule has 27 rings (SSSR count). The molecule has 0 atom stereocenters. The summed E-state index contributed by atoms with van der Waals surface area (Å²) in [5.74, 6) is 0. The Morgan fingerprint density at radius 1 is 0.140 bits per heavy atom. The summed E-state index contributed by atoms with van der Waals surface area (Å²) < 4.78 is 10.6. The van der Waals surface area contributed by atoms with Crippen LogP contribution >= 0.6 is 45.3 Å². The highest BCUT2D eigenvalue weighted by Crippen LogP contribution is 2.55. The molecule has 26 aromatic rings. The van der Waals surface area contributed by atoms with Crippen molar-refractivity contribution >= 4 is 194 Å². The maximum Gasteiger partial charge on any atom is 0.0465 e. The standard InChI is InChI=1S/C72H48N2S2.C63H44N2S2/c1-3-12-49(13-4-1)51-22-35-58(36-23-51)73(62-43-30-55(31-44-62)57-34-47-71-68(48-57)66-17-8-9-20-69(66)75-71)60-39-26-53(27-40-60)54-28-41-61(42-29-54)74(59-37-24-52(25-38-59)50-14-5-2-6-15-50)63-45-32-56(33-46-63)64-18-11-19-67-65-16-7-10-21-70(65)76-72(64)67;1-63(2)57-39-47(64(43-15-5-3-6-16-43)45-31-27-41(28-32-45)49-21-13-23-55-53-19-9-11-25-59(53)66-61(49)55)35-37-51(57)52-38-36-48(40-58(52)63)65(44-17-7-4-8-18-44)46-33-29-42(30-34-46)50-22-14-24-56-54-20-10-12-26-60(54)67-62(50)56/h1-48H;3-40H,1-2H3. The van der Waals surface area contributed by atoms with Gasteiger partial charge in [0.1, 0.15) is 0 Å². The van der Waals surface area contributed by atoms with E-state index in [9.17, 15) is 0 Å². The van der Waals surface area contributed by atoms with Gasteiger partial charge >= 0.3 is 0 Å². The molecule has 0 aliphatic heterocycles. The molecule has 4 heterocycles. The first-order chi connectivity index (χ1) is 70.6. The lowest BCUT2D eigenvalue weighted by molar-refractivity contribution is 0.660. The highest BCUT2D eigenvalue weighted by Gasteiger charge is 2.37. The van der Waals surface area contributed by atoms with Gasteiger partial charge in [-0.3, -0.25) is 0 Å². The summed E-state index contributed by atoms with van der Waals surface area (Å²) in [5.41, 5.74) is 35.3. The zero-order valence-electron chi connectivity index (χ0n) is 78.6. The first-order valence-corrected chi connectivity index (χ1v) is 52.1. The van der Waals surface area contributed by atoms with E-state index in [1.54, 1.807) is 0 Å². The van der Waals surface area contributed by atoms with Crippen molar-refractivity contribution in [2.75, 3.05) is 19.6 Å². The van der Waals surface area contributed by atoms with Crippen LogP contribution < -0.4 is 19.6 Å². The summed E-state index contributed by atoms with van der Waals surface area (Å²) in [7, 11) is 0. The Morgan fingerprint density at radius 3 is 0.671 bits per heavy atom. The minimum Gasteiger partial charge on any atom is -0.311 e. The molecule has 0 fully saturated rings. The van der Waals surface area contributed by atoms with Crippen LogP contribution in [0.4, 0.5) is 68.2 Å². The highest BCUT2D eigenvalue weighted by molar-refractivity contribution is 7.27. The van der Waals surface area contributed by atoms with Crippen LogP contribution in [-0.2, 0) is 5.41 Å². The lowest BCUT2D eigenvalue weighted by Gasteiger charge is -2.29. The van der Waals surface area contributed by atoms with Crippen molar-refractivity contribution in [3.8, 4) is 89.0 Å². The van der Waals surface area contributed by atoms with E-state index in [0.29, 0.717) is 0 Å². The lowest BCUT2D eigenvalue weighted by atomic mass is 9.82. The lowest BCUT2D eigenvalue weighted by Crippen LogP contribution is -2.17. The quantitative estimate of drug-likeness (QED) is 0.0800. The van der Waals surface area contributed by atoms with Crippen molar-refractivity contribution in [2.45, 2.75) is 19.3 Å². The van der Waals surface area contributed by atoms with E-state index >= 15 is 0 Å². The molecule has 0 unspecified atom stereocenters. The van der Waals surface area contributed by atoms with Gasteiger partial charge in [-0.2, -0.15) is 0 Å². The van der Waals surface area contributed by atoms with E-state index in [1.165, 1.54) is 170 Å². The third-order valence-electron chi connectivity index (χ3n) is 28.6. The van der Waals surface area contributed by atoms with Gasteiger partial charge in [0.25, 0.3) is 0 Å². The minimum absolute atomic E-state index is 0.249. The molecule has 0 bridgehead atoms. The van der Waals surface area contributed by atoms with Gasteiger partial charge in [-0.1, -0.05) is 354 Å². The average Bonchev–Trinajstić information content (AvgIpc) is 1.57. The van der Waals surface area contributed by atoms with E-state index in [-0.39, 0.29) is 5.41 Å². The van der Waals surface area contributed by atoms with Gasteiger partial charge in [0.15, 0.2) is 0 Å². The smallest absolute Gasteiger partial charge is 0.0465 e. The summed E-state index contributed by atoms with van der Waals surface area (Å²) >= 11 is 7.49. The van der Waals surface area contributed by atoms with Crippen LogP contribution in [0.5, 0.6) is 0 Å². The number of nitrogens with zero attached hydrogens (tertiary/aromatic N) is 4. The predicted octanol–water partition coefficient (Wildman–Crippen LogP) is 40.7. The monoisotopic (exact) mass is 1900 g/mol. The van der Waals surface area contributed by atoms with Gasteiger partial charge in [-0.15, -0.1) is 45.3 Å². The third kappa shape index (κ3) is 16.0.